The summed E-state index contributed by atoms with van der Waals surface area (Å²) >= 11 is 3.18. The minimum absolute atomic E-state index is 0.0758. The Bertz CT molecular complexity index is 437. The number of carbonyl (C=O) groups excluding carboxylic acids is 1. The predicted octanol–water partition coefficient (Wildman–Crippen LogP) is 2.22. The van der Waals surface area contributed by atoms with Gasteiger partial charge in [-0.1, -0.05) is 19.4 Å². The average molecular weight is 315 g/mol. The normalized spacial score (nSPS) is 11.9. The van der Waals surface area contributed by atoms with Gasteiger partial charge in [-0.25, -0.2) is 4.98 Å². The lowest BCUT2D eigenvalue weighted by Gasteiger charge is -2.15. The van der Waals surface area contributed by atoms with Crippen LogP contribution in [0.5, 0.6) is 0 Å². The smallest absolute Gasteiger partial charge is 0.305 e. The van der Waals surface area contributed by atoms with E-state index in [9.17, 15) is 9.59 Å². The molecule has 98 valence electrons. The minimum Gasteiger partial charge on any atom is -0.481 e. The summed E-state index contributed by atoms with van der Waals surface area (Å²) in [6.45, 7) is 1.94. The zero-order valence-corrected chi connectivity index (χ0v) is 11.6. The van der Waals surface area contributed by atoms with Crippen molar-refractivity contribution < 1.29 is 14.7 Å². The number of carboxylic acid groups (broad SMARTS) is 1. The van der Waals surface area contributed by atoms with Gasteiger partial charge in [0.2, 0.25) is 0 Å². The average Bonchev–Trinajstić information content (AvgIpc) is 2.28. The summed E-state index contributed by atoms with van der Waals surface area (Å²) in [6, 6.07) is 4.65. The van der Waals surface area contributed by atoms with Crippen LogP contribution in [0.4, 0.5) is 0 Å². The van der Waals surface area contributed by atoms with Crippen LogP contribution in [-0.2, 0) is 4.79 Å². The number of carbonyl (C=O) groups is 2. The van der Waals surface area contributed by atoms with E-state index in [0.717, 1.165) is 6.42 Å². The highest BCUT2D eigenvalue weighted by atomic mass is 79.9. The number of rotatable bonds is 6. The number of hydrogen-bond donors (Lipinski definition) is 2. The highest BCUT2D eigenvalue weighted by Gasteiger charge is 2.16. The number of nitrogens with one attached hydrogen (secondary N) is 1. The largest absolute Gasteiger partial charge is 0.481 e. The molecule has 1 atom stereocenters. The molecule has 0 radical (unpaired) electrons. The maximum Gasteiger partial charge on any atom is 0.305 e. The van der Waals surface area contributed by atoms with Crippen LogP contribution in [0.15, 0.2) is 22.8 Å². The summed E-state index contributed by atoms with van der Waals surface area (Å²) < 4.78 is 0.570. The highest BCUT2D eigenvalue weighted by Crippen LogP contribution is 2.08. The van der Waals surface area contributed by atoms with Gasteiger partial charge < -0.3 is 10.4 Å². The molecule has 18 heavy (non-hydrogen) atoms. The van der Waals surface area contributed by atoms with Crippen LogP contribution in [0, 0.1) is 0 Å². The summed E-state index contributed by atoms with van der Waals surface area (Å²) in [5, 5.41) is 11.5. The molecule has 2 N–H and O–H groups in total. The number of pyridine rings is 1. The highest BCUT2D eigenvalue weighted by molar-refractivity contribution is 9.10. The summed E-state index contributed by atoms with van der Waals surface area (Å²) in [6.07, 6.45) is 1.36. The summed E-state index contributed by atoms with van der Waals surface area (Å²) in [4.78, 5) is 26.6. The number of nitrogens with zero attached hydrogens (tertiary/aromatic N) is 1. The van der Waals surface area contributed by atoms with Gasteiger partial charge in [0.05, 0.1) is 6.42 Å². The summed E-state index contributed by atoms with van der Waals surface area (Å²) in [5.74, 6) is -1.27. The molecule has 0 spiro atoms. The maximum atomic E-state index is 11.9. The van der Waals surface area contributed by atoms with E-state index in [2.05, 4.69) is 26.2 Å². The molecule has 0 saturated heterocycles. The molecule has 0 saturated carbocycles. The van der Waals surface area contributed by atoms with Crippen LogP contribution in [0.2, 0.25) is 0 Å². The third-order valence-corrected chi connectivity index (χ3v) is 2.78. The Kier molecular flexibility index (Phi) is 5.77. The summed E-state index contributed by atoms with van der Waals surface area (Å²) in [5.41, 5.74) is 0.274. The molecule has 1 aromatic heterocycles. The molecule has 1 aromatic rings. The van der Waals surface area contributed by atoms with Crippen molar-refractivity contribution in [3.63, 3.8) is 0 Å². The van der Waals surface area contributed by atoms with Crippen molar-refractivity contribution >= 4 is 27.8 Å². The number of hydrogen-bond acceptors (Lipinski definition) is 3. The molecular formula is C12H15BrN2O3. The van der Waals surface area contributed by atoms with Gasteiger partial charge >= 0.3 is 5.97 Å². The van der Waals surface area contributed by atoms with Gasteiger partial charge in [-0.3, -0.25) is 9.59 Å². The van der Waals surface area contributed by atoms with E-state index in [0.29, 0.717) is 11.0 Å². The number of amides is 1. The molecule has 0 aliphatic carbocycles. The molecule has 5 nitrogen and oxygen atoms in total. The van der Waals surface area contributed by atoms with Crippen LogP contribution in [0.1, 0.15) is 36.7 Å². The van der Waals surface area contributed by atoms with Gasteiger partial charge in [-0.05, 0) is 34.5 Å². The van der Waals surface area contributed by atoms with Crippen molar-refractivity contribution in [1.29, 1.82) is 0 Å². The zero-order valence-electron chi connectivity index (χ0n) is 10.0. The number of aromatic nitrogens is 1. The van der Waals surface area contributed by atoms with E-state index in [1.165, 1.54) is 0 Å². The molecule has 1 unspecified atom stereocenters. The fourth-order valence-corrected chi connectivity index (χ4v) is 1.92. The molecule has 0 fully saturated rings. The van der Waals surface area contributed by atoms with Crippen molar-refractivity contribution in [3.8, 4) is 0 Å². The molecule has 0 bridgehead atoms. The number of halogens is 1. The Morgan fingerprint density at radius 2 is 2.22 bits per heavy atom. The first-order valence-corrected chi connectivity index (χ1v) is 6.47. The Morgan fingerprint density at radius 1 is 1.50 bits per heavy atom. The van der Waals surface area contributed by atoms with Crippen molar-refractivity contribution in [3.05, 3.63) is 28.5 Å². The second-order valence-corrected chi connectivity index (χ2v) is 4.71. The van der Waals surface area contributed by atoms with E-state index >= 15 is 0 Å². The van der Waals surface area contributed by atoms with Crippen LogP contribution in [0.3, 0.4) is 0 Å². The van der Waals surface area contributed by atoms with Crippen molar-refractivity contribution in [2.24, 2.45) is 0 Å². The predicted molar refractivity (Wildman–Crippen MR) is 70.4 cm³/mol. The first kappa shape index (κ1) is 14.6. The lowest BCUT2D eigenvalue weighted by atomic mass is 10.1. The van der Waals surface area contributed by atoms with Gasteiger partial charge in [0.15, 0.2) is 0 Å². The Labute approximate surface area is 114 Å². The fourth-order valence-electron chi connectivity index (χ4n) is 1.58. The second-order valence-electron chi connectivity index (χ2n) is 3.90. The molecule has 0 aliphatic heterocycles. The van der Waals surface area contributed by atoms with Crippen LogP contribution in [-0.4, -0.2) is 28.0 Å². The Hall–Kier alpha value is -1.43. The molecule has 1 heterocycles. The van der Waals surface area contributed by atoms with E-state index in [1.54, 1.807) is 18.2 Å². The van der Waals surface area contributed by atoms with Gasteiger partial charge in [-0.2, -0.15) is 0 Å². The van der Waals surface area contributed by atoms with E-state index in [4.69, 9.17) is 5.11 Å². The van der Waals surface area contributed by atoms with Crippen LogP contribution >= 0.6 is 15.9 Å². The second kappa shape index (κ2) is 7.10. The van der Waals surface area contributed by atoms with Gasteiger partial charge in [0, 0.05) is 6.04 Å². The Balaban J connectivity index is 2.68. The van der Waals surface area contributed by atoms with Crippen molar-refractivity contribution in [2.45, 2.75) is 32.2 Å². The minimum atomic E-state index is -0.920. The quantitative estimate of drug-likeness (QED) is 0.789. The SMILES string of the molecule is CCCC(CC(=O)O)NC(=O)c1cccc(Br)n1. The van der Waals surface area contributed by atoms with E-state index in [-0.39, 0.29) is 24.1 Å². The Morgan fingerprint density at radius 3 is 2.78 bits per heavy atom. The van der Waals surface area contributed by atoms with Crippen molar-refractivity contribution in [1.82, 2.24) is 10.3 Å². The van der Waals surface area contributed by atoms with Gasteiger partial charge in [-0.15, -0.1) is 0 Å². The standard InChI is InChI=1S/C12H15BrN2O3/c1-2-4-8(7-11(16)17)14-12(18)9-5-3-6-10(13)15-9/h3,5-6,8H,2,4,7H2,1H3,(H,14,18)(H,16,17). The first-order valence-electron chi connectivity index (χ1n) is 5.68. The van der Waals surface area contributed by atoms with Crippen molar-refractivity contribution in [2.75, 3.05) is 0 Å². The number of carboxylic acids is 1. The van der Waals surface area contributed by atoms with E-state index < -0.39 is 5.97 Å². The molecular weight excluding hydrogens is 300 g/mol. The monoisotopic (exact) mass is 314 g/mol. The molecule has 0 aromatic carbocycles. The lowest BCUT2D eigenvalue weighted by molar-refractivity contribution is -0.137. The van der Waals surface area contributed by atoms with Crippen LogP contribution < -0.4 is 5.32 Å². The molecule has 0 aliphatic rings. The fraction of sp³-hybridized carbons (Fsp3) is 0.417. The molecule has 1 amide bonds. The zero-order chi connectivity index (χ0) is 13.5. The topological polar surface area (TPSA) is 79.3 Å². The van der Waals surface area contributed by atoms with Gasteiger partial charge in [0.1, 0.15) is 10.3 Å². The lowest BCUT2D eigenvalue weighted by Crippen LogP contribution is -2.36. The third kappa shape index (κ3) is 4.83. The maximum absolute atomic E-state index is 11.9. The number of aliphatic carboxylic acids is 1. The summed E-state index contributed by atoms with van der Waals surface area (Å²) in [7, 11) is 0. The molecule has 6 heteroatoms. The first-order chi connectivity index (χ1) is 8.52. The van der Waals surface area contributed by atoms with Crippen LogP contribution in [0.25, 0.3) is 0 Å². The third-order valence-electron chi connectivity index (χ3n) is 2.34. The van der Waals surface area contributed by atoms with Gasteiger partial charge in [0.25, 0.3) is 5.91 Å². The molecule has 1 rings (SSSR count). The van der Waals surface area contributed by atoms with E-state index in [1.807, 2.05) is 6.92 Å².